The summed E-state index contributed by atoms with van der Waals surface area (Å²) in [5.41, 5.74) is 6.91. The smallest absolute Gasteiger partial charge is 0.390 e. The number of nitrogens with zero attached hydrogens (tertiary/aromatic N) is 7. The number of hydrogen-bond donors (Lipinski definition) is 8. The van der Waals surface area contributed by atoms with Gasteiger partial charge in [-0.05, 0) is 24.6 Å². The maximum atomic E-state index is 12.5. The number of nitrogens with one attached hydrogen (secondary N) is 1. The summed E-state index contributed by atoms with van der Waals surface area (Å²) in [6.45, 7) is -1.82. The fourth-order valence-electron chi connectivity index (χ4n) is 5.68. The summed E-state index contributed by atoms with van der Waals surface area (Å²) < 4.78 is 67.8. The predicted octanol–water partition coefficient (Wildman–Crippen LogP) is 1.06. The van der Waals surface area contributed by atoms with E-state index in [0.29, 0.717) is 23.3 Å². The molecular weight excluding hydrogens is 803 g/mol. The molecule has 2 aliphatic heterocycles. The number of thiocarbonyl (C=S) groups is 1. The third-order valence-electron chi connectivity index (χ3n) is 8.24. The number of imidazole rings is 2. The molecule has 296 valence electrons. The lowest BCUT2D eigenvalue weighted by atomic mass is 10.1. The third-order valence-corrected chi connectivity index (χ3v) is 12.7. The van der Waals surface area contributed by atoms with Crippen molar-refractivity contribution in [2.75, 3.05) is 18.9 Å². The Bertz CT molecular complexity index is 2110. The molecule has 4 aromatic rings. The maximum Gasteiger partial charge on any atom is 0.490 e. The summed E-state index contributed by atoms with van der Waals surface area (Å²) in [6.07, 6.45) is -1.03. The Morgan fingerprint density at radius 2 is 1.61 bits per heavy atom. The Morgan fingerprint density at radius 1 is 0.889 bits per heavy atom. The molecule has 0 aromatic carbocycles. The van der Waals surface area contributed by atoms with E-state index < -0.39 is 79.5 Å². The van der Waals surface area contributed by atoms with Crippen LogP contribution in [0, 0.1) is 0 Å². The number of phosphoric ester groups is 2. The van der Waals surface area contributed by atoms with E-state index >= 15 is 0 Å². The van der Waals surface area contributed by atoms with Gasteiger partial charge in [-0.2, -0.15) is 13.6 Å². The van der Waals surface area contributed by atoms with Gasteiger partial charge in [-0.1, -0.05) is 18.6 Å². The van der Waals surface area contributed by atoms with E-state index in [2.05, 4.69) is 48.0 Å². The standard InChI is InChI=1S/C26H36N9O15P3S/c27-26-29-9-14-24(34-26)30-12-35(14)19-7-15(36)16(47-19)10-45-51(39,40)49-53(43,44)50-52(41,42)46-11-17-20(37)21(38)22(48-17)25-31-13-8-28-18(32-23(13)33-25)5-3-1-2-4-6-54/h6,8-9,12,15-17,19-22,36-38H,1-5,7,10-11H2,(H,39,40)(H,41,42)(H,43,44)(H2,27,29,34)(H,28,31,32,33)/t15-,16+,17+,19-,20+,21+,22-/m0/s1. The van der Waals surface area contributed by atoms with Gasteiger partial charge in [0, 0.05) is 12.8 Å². The molecule has 10 atom stereocenters. The number of ether oxygens (including phenoxy) is 2. The molecule has 0 amide bonds. The lowest BCUT2D eigenvalue weighted by Crippen LogP contribution is -2.33. The highest BCUT2D eigenvalue weighted by Gasteiger charge is 2.48. The van der Waals surface area contributed by atoms with Crippen LogP contribution in [0.15, 0.2) is 18.7 Å². The summed E-state index contributed by atoms with van der Waals surface area (Å²) in [7, 11) is -17.0. The van der Waals surface area contributed by atoms with Crippen LogP contribution in [0.5, 0.6) is 0 Å². The van der Waals surface area contributed by atoms with Crippen molar-refractivity contribution in [3.8, 4) is 0 Å². The van der Waals surface area contributed by atoms with E-state index in [1.165, 1.54) is 23.3 Å². The van der Waals surface area contributed by atoms with Crippen LogP contribution in [0.25, 0.3) is 22.3 Å². The number of H-pyrrole nitrogens is 1. The zero-order valence-electron chi connectivity index (χ0n) is 27.8. The number of nitrogen functional groups attached to an aromatic ring is 1. The van der Waals surface area contributed by atoms with Gasteiger partial charge < -0.3 is 54.8 Å². The first-order valence-corrected chi connectivity index (χ1v) is 21.1. The number of unbranched alkanes of at least 4 members (excludes halogenated alkanes) is 3. The average Bonchev–Trinajstić information content (AvgIpc) is 3.86. The van der Waals surface area contributed by atoms with Crippen molar-refractivity contribution < 1.29 is 70.8 Å². The average molecular weight is 840 g/mol. The van der Waals surface area contributed by atoms with E-state index in [0.717, 1.165) is 25.7 Å². The highest BCUT2D eigenvalue weighted by atomic mass is 32.1. The molecule has 0 spiro atoms. The van der Waals surface area contributed by atoms with Crippen molar-refractivity contribution in [3.63, 3.8) is 0 Å². The van der Waals surface area contributed by atoms with Crippen LogP contribution in [0.3, 0.4) is 0 Å². The molecule has 6 heterocycles. The first-order valence-electron chi connectivity index (χ1n) is 16.2. The number of rotatable bonds is 18. The van der Waals surface area contributed by atoms with Crippen LogP contribution in [-0.4, -0.2) is 119 Å². The Labute approximate surface area is 309 Å². The second-order valence-electron chi connectivity index (χ2n) is 12.2. The minimum absolute atomic E-state index is 0.0142. The molecule has 0 saturated carbocycles. The van der Waals surface area contributed by atoms with Gasteiger partial charge in [-0.25, -0.2) is 38.6 Å². The molecule has 9 N–H and O–H groups in total. The van der Waals surface area contributed by atoms with Crippen LogP contribution in [0.1, 0.15) is 56.1 Å². The largest absolute Gasteiger partial charge is 0.490 e. The van der Waals surface area contributed by atoms with Crippen LogP contribution in [-0.2, 0) is 47.3 Å². The maximum absolute atomic E-state index is 12.5. The lowest BCUT2D eigenvalue weighted by Gasteiger charge is -2.21. The number of phosphoric acid groups is 3. The summed E-state index contributed by atoms with van der Waals surface area (Å²) in [5.74, 6) is 0.594. The summed E-state index contributed by atoms with van der Waals surface area (Å²) >= 11 is 4.83. The van der Waals surface area contributed by atoms with Gasteiger partial charge in [0.05, 0.1) is 38.0 Å². The second kappa shape index (κ2) is 16.7. The summed E-state index contributed by atoms with van der Waals surface area (Å²) in [6, 6.07) is 0. The molecule has 2 aliphatic rings. The van der Waals surface area contributed by atoms with Gasteiger partial charge in [0.25, 0.3) is 0 Å². The Kier molecular flexibility index (Phi) is 12.7. The van der Waals surface area contributed by atoms with Crippen LogP contribution in [0.2, 0.25) is 0 Å². The summed E-state index contributed by atoms with van der Waals surface area (Å²) in [4.78, 5) is 58.0. The van der Waals surface area contributed by atoms with Crippen LogP contribution >= 0.6 is 35.7 Å². The van der Waals surface area contributed by atoms with E-state index in [9.17, 15) is 43.7 Å². The molecule has 24 nitrogen and oxygen atoms in total. The molecule has 2 fully saturated rings. The fourth-order valence-corrected chi connectivity index (χ4v) is 9.36. The number of hydrogen-bond acceptors (Lipinski definition) is 20. The number of fused-ring (bicyclic) bond motifs is 2. The zero-order valence-corrected chi connectivity index (χ0v) is 31.3. The molecule has 0 aliphatic carbocycles. The molecule has 3 unspecified atom stereocenters. The predicted molar refractivity (Wildman–Crippen MR) is 185 cm³/mol. The van der Waals surface area contributed by atoms with Gasteiger partial charge in [0.15, 0.2) is 11.3 Å². The number of aromatic nitrogens is 8. The molecule has 28 heteroatoms. The topological polar surface area (TPSA) is 352 Å². The third kappa shape index (κ3) is 9.95. The highest BCUT2D eigenvalue weighted by molar-refractivity contribution is 7.78. The summed E-state index contributed by atoms with van der Waals surface area (Å²) in [5, 5.41) is 33.3. The fraction of sp³-hybridized carbons (Fsp3) is 0.577. The van der Waals surface area contributed by atoms with Crippen molar-refractivity contribution >= 4 is 69.3 Å². The quantitative estimate of drug-likeness (QED) is 0.0394. The van der Waals surface area contributed by atoms with Crippen LogP contribution < -0.4 is 5.73 Å². The van der Waals surface area contributed by atoms with Crippen molar-refractivity contribution in [1.82, 2.24) is 39.5 Å². The minimum atomic E-state index is -5.88. The van der Waals surface area contributed by atoms with E-state index in [1.54, 1.807) is 5.37 Å². The van der Waals surface area contributed by atoms with Crippen molar-refractivity contribution in [1.29, 1.82) is 0 Å². The van der Waals surface area contributed by atoms with Crippen molar-refractivity contribution in [2.45, 2.75) is 81.4 Å². The first kappa shape index (κ1) is 40.9. The van der Waals surface area contributed by atoms with Gasteiger partial charge in [-0.3, -0.25) is 9.05 Å². The first-order chi connectivity index (χ1) is 25.5. The Balaban J connectivity index is 0.984. The van der Waals surface area contributed by atoms with Crippen LogP contribution in [0.4, 0.5) is 5.95 Å². The lowest BCUT2D eigenvalue weighted by molar-refractivity contribution is -0.0422. The molecular formula is C26H36N9O15P3S. The molecule has 6 rings (SSSR count). The number of anilines is 1. The highest BCUT2D eigenvalue weighted by Crippen LogP contribution is 2.67. The van der Waals surface area contributed by atoms with E-state index in [1.807, 2.05) is 0 Å². The van der Waals surface area contributed by atoms with E-state index in [4.69, 9.17) is 31.9 Å². The van der Waals surface area contributed by atoms with E-state index in [-0.39, 0.29) is 29.5 Å². The van der Waals surface area contributed by atoms with Gasteiger partial charge in [0.2, 0.25) is 5.95 Å². The zero-order chi connectivity index (χ0) is 38.8. The molecule has 4 aromatic heterocycles. The van der Waals surface area contributed by atoms with Gasteiger partial charge in [-0.15, -0.1) is 0 Å². The molecule has 54 heavy (non-hydrogen) atoms. The number of nitrogens with two attached hydrogens (primary N) is 1. The SMILES string of the molecule is Nc1ncc2c(ncn2[C@@H]2C[C@H](O)[C@@H](COP(=O)(O)OP(=O)(O)OP(=O)(O)OC[C@H]3O[C@H](c4nc5nc(CCCCCC=S)ncc5[nH]4)[C@H](O)[C@@H]3O)O2)n1. The number of aromatic amines is 1. The monoisotopic (exact) mass is 839 g/mol. The number of aliphatic hydroxyl groups is 3. The Hall–Kier alpha value is -2.80. The van der Waals surface area contributed by atoms with Crippen molar-refractivity contribution in [2.24, 2.45) is 0 Å². The Morgan fingerprint density at radius 3 is 2.33 bits per heavy atom. The minimum Gasteiger partial charge on any atom is -0.390 e. The molecule has 0 bridgehead atoms. The molecule has 0 radical (unpaired) electrons. The number of aliphatic hydroxyl groups excluding tert-OH is 3. The second-order valence-corrected chi connectivity index (χ2v) is 17.1. The van der Waals surface area contributed by atoms with Gasteiger partial charge in [0.1, 0.15) is 59.4 Å². The molecule has 2 saturated heterocycles. The van der Waals surface area contributed by atoms with Gasteiger partial charge >= 0.3 is 23.5 Å². The normalized spacial score (nSPS) is 27.9. The number of aryl methyl sites for hydroxylation is 1. The van der Waals surface area contributed by atoms with Crippen molar-refractivity contribution in [3.05, 3.63) is 30.4 Å².